The highest BCUT2D eigenvalue weighted by Crippen LogP contribution is 2.12. The van der Waals surface area contributed by atoms with Gasteiger partial charge >= 0.3 is 5.69 Å². The van der Waals surface area contributed by atoms with Gasteiger partial charge < -0.3 is 9.47 Å². The second kappa shape index (κ2) is 6.04. The molecule has 19 heavy (non-hydrogen) atoms. The van der Waals surface area contributed by atoms with E-state index < -0.39 is 6.29 Å². The fraction of sp³-hybridized carbons (Fsp3) is 0.500. The molecule has 0 saturated carbocycles. The minimum Gasteiger partial charge on any atom is -0.351 e. The van der Waals surface area contributed by atoms with Crippen LogP contribution in [0.25, 0.3) is 11.0 Å². The lowest BCUT2D eigenvalue weighted by atomic mass is 10.3. The predicted molar refractivity (Wildman–Crippen MR) is 74.2 cm³/mol. The summed E-state index contributed by atoms with van der Waals surface area (Å²) in [5.74, 6) is 0. The van der Waals surface area contributed by atoms with E-state index in [-0.39, 0.29) is 5.69 Å². The van der Waals surface area contributed by atoms with Crippen molar-refractivity contribution in [1.82, 2.24) is 9.13 Å². The van der Waals surface area contributed by atoms with Gasteiger partial charge in [0.15, 0.2) is 6.29 Å². The Balaban J connectivity index is 2.39. The molecule has 1 heterocycles. The van der Waals surface area contributed by atoms with Crippen LogP contribution < -0.4 is 5.69 Å². The Morgan fingerprint density at radius 3 is 2.26 bits per heavy atom. The van der Waals surface area contributed by atoms with Crippen LogP contribution in [0.4, 0.5) is 0 Å². The quantitative estimate of drug-likeness (QED) is 0.747. The lowest BCUT2D eigenvalue weighted by Gasteiger charge is -2.17. The minimum atomic E-state index is -0.390. The third-order valence-corrected chi connectivity index (χ3v) is 3.09. The topological polar surface area (TPSA) is 45.4 Å². The largest absolute Gasteiger partial charge is 0.351 e. The standard InChI is InChI=1S/C14H20N2O3/c1-4-18-13(19-5-2)10-16-12-9-7-6-8-11(12)15(3)14(16)17/h6-9,13H,4-5,10H2,1-3H3. The zero-order valence-electron chi connectivity index (χ0n) is 11.6. The first kappa shape index (κ1) is 13.8. The van der Waals surface area contributed by atoms with E-state index in [0.29, 0.717) is 19.8 Å². The number of aromatic nitrogens is 2. The Hall–Kier alpha value is -1.59. The molecule has 0 fully saturated rings. The highest BCUT2D eigenvalue weighted by molar-refractivity contribution is 5.75. The molecule has 0 bridgehead atoms. The SMILES string of the molecule is CCOC(Cn1c(=O)n(C)c2ccccc21)OCC. The molecule has 0 aliphatic heterocycles. The molecule has 2 rings (SSSR count). The Morgan fingerprint density at radius 1 is 1.11 bits per heavy atom. The molecule has 0 unspecified atom stereocenters. The highest BCUT2D eigenvalue weighted by Gasteiger charge is 2.15. The van der Waals surface area contributed by atoms with Gasteiger partial charge in [-0.3, -0.25) is 9.13 Å². The van der Waals surface area contributed by atoms with Crippen LogP contribution in [0.3, 0.4) is 0 Å². The molecule has 1 aromatic carbocycles. The molecule has 1 aromatic heterocycles. The maximum atomic E-state index is 12.2. The molecule has 5 nitrogen and oxygen atoms in total. The highest BCUT2D eigenvalue weighted by atomic mass is 16.7. The lowest BCUT2D eigenvalue weighted by Crippen LogP contribution is -2.30. The van der Waals surface area contributed by atoms with Crippen molar-refractivity contribution < 1.29 is 9.47 Å². The maximum absolute atomic E-state index is 12.2. The zero-order valence-corrected chi connectivity index (χ0v) is 11.6. The number of aryl methyl sites for hydroxylation is 1. The Kier molecular flexibility index (Phi) is 4.39. The molecular formula is C14H20N2O3. The third-order valence-electron chi connectivity index (χ3n) is 3.09. The van der Waals surface area contributed by atoms with Crippen molar-refractivity contribution in [1.29, 1.82) is 0 Å². The summed E-state index contributed by atoms with van der Waals surface area (Å²) in [5.41, 5.74) is 1.77. The van der Waals surface area contributed by atoms with Gasteiger partial charge in [0.2, 0.25) is 0 Å². The monoisotopic (exact) mass is 264 g/mol. The van der Waals surface area contributed by atoms with E-state index >= 15 is 0 Å². The third kappa shape index (κ3) is 2.72. The zero-order chi connectivity index (χ0) is 13.8. The summed E-state index contributed by atoms with van der Waals surface area (Å²) >= 11 is 0. The lowest BCUT2D eigenvalue weighted by molar-refractivity contribution is -0.143. The van der Waals surface area contributed by atoms with Gasteiger partial charge in [-0.25, -0.2) is 4.79 Å². The van der Waals surface area contributed by atoms with E-state index in [0.717, 1.165) is 11.0 Å². The van der Waals surface area contributed by atoms with Crippen molar-refractivity contribution in [3.63, 3.8) is 0 Å². The molecule has 0 aliphatic carbocycles. The summed E-state index contributed by atoms with van der Waals surface area (Å²) in [7, 11) is 1.78. The van der Waals surface area contributed by atoms with Crippen LogP contribution in [0.15, 0.2) is 29.1 Å². The van der Waals surface area contributed by atoms with Crippen LogP contribution in [0.2, 0.25) is 0 Å². The number of benzene rings is 1. The normalized spacial score (nSPS) is 11.6. The summed E-state index contributed by atoms with van der Waals surface area (Å²) in [6.45, 7) is 5.35. The van der Waals surface area contributed by atoms with E-state index in [9.17, 15) is 4.79 Å². The van der Waals surface area contributed by atoms with Crippen LogP contribution in [-0.4, -0.2) is 28.6 Å². The van der Waals surface area contributed by atoms with Gasteiger partial charge in [0.05, 0.1) is 17.6 Å². The summed E-state index contributed by atoms with van der Waals surface area (Å²) in [5, 5.41) is 0. The van der Waals surface area contributed by atoms with Gasteiger partial charge in [0.25, 0.3) is 0 Å². The summed E-state index contributed by atoms with van der Waals surface area (Å²) < 4.78 is 14.4. The minimum absolute atomic E-state index is 0.0504. The van der Waals surface area contributed by atoms with Crippen LogP contribution in [-0.2, 0) is 23.1 Å². The number of fused-ring (bicyclic) bond motifs is 1. The van der Waals surface area contributed by atoms with Gasteiger partial charge in [-0.1, -0.05) is 12.1 Å². The van der Waals surface area contributed by atoms with Crippen molar-refractivity contribution in [3.05, 3.63) is 34.7 Å². The number of hydrogen-bond donors (Lipinski definition) is 0. The van der Waals surface area contributed by atoms with Crippen molar-refractivity contribution >= 4 is 11.0 Å². The summed E-state index contributed by atoms with van der Waals surface area (Å²) in [4.78, 5) is 12.2. The molecule has 104 valence electrons. The van der Waals surface area contributed by atoms with Crippen molar-refractivity contribution in [2.45, 2.75) is 26.7 Å². The van der Waals surface area contributed by atoms with E-state index in [1.165, 1.54) is 0 Å². The van der Waals surface area contributed by atoms with Gasteiger partial charge in [0.1, 0.15) is 0 Å². The summed E-state index contributed by atoms with van der Waals surface area (Å²) in [6, 6.07) is 7.72. The van der Waals surface area contributed by atoms with Crippen LogP contribution in [0.5, 0.6) is 0 Å². The molecule has 5 heteroatoms. The van der Waals surface area contributed by atoms with Crippen molar-refractivity contribution in [2.75, 3.05) is 13.2 Å². The molecule has 0 saturated heterocycles. The van der Waals surface area contributed by atoms with Crippen molar-refractivity contribution in [2.24, 2.45) is 7.05 Å². The Labute approximate surface area is 112 Å². The number of hydrogen-bond acceptors (Lipinski definition) is 3. The van der Waals surface area contributed by atoms with E-state index in [2.05, 4.69) is 0 Å². The number of para-hydroxylation sites is 2. The molecule has 0 aliphatic rings. The average molecular weight is 264 g/mol. The number of ether oxygens (including phenoxy) is 2. The smallest absolute Gasteiger partial charge is 0.329 e. The van der Waals surface area contributed by atoms with E-state index in [1.54, 1.807) is 16.2 Å². The average Bonchev–Trinajstić information content (AvgIpc) is 2.65. The van der Waals surface area contributed by atoms with Gasteiger partial charge in [0, 0.05) is 20.3 Å². The van der Waals surface area contributed by atoms with Crippen molar-refractivity contribution in [3.8, 4) is 0 Å². The van der Waals surface area contributed by atoms with Crippen LogP contribution in [0, 0.1) is 0 Å². The second-order valence-corrected chi connectivity index (χ2v) is 4.28. The fourth-order valence-corrected chi connectivity index (χ4v) is 2.21. The fourth-order valence-electron chi connectivity index (χ4n) is 2.21. The molecule has 0 radical (unpaired) electrons. The predicted octanol–water partition coefficient (Wildman–Crippen LogP) is 1.74. The number of imidazole rings is 1. The van der Waals surface area contributed by atoms with Gasteiger partial charge in [-0.2, -0.15) is 0 Å². The molecule has 0 N–H and O–H groups in total. The first-order valence-electron chi connectivity index (χ1n) is 6.56. The van der Waals surface area contributed by atoms with Crippen LogP contribution >= 0.6 is 0 Å². The molecular weight excluding hydrogens is 244 g/mol. The van der Waals surface area contributed by atoms with Gasteiger partial charge in [-0.15, -0.1) is 0 Å². The molecule has 0 amide bonds. The van der Waals surface area contributed by atoms with E-state index in [1.807, 2.05) is 38.1 Å². The summed E-state index contributed by atoms with van der Waals surface area (Å²) in [6.07, 6.45) is -0.390. The number of rotatable bonds is 6. The second-order valence-electron chi connectivity index (χ2n) is 4.28. The molecule has 0 atom stereocenters. The number of nitrogens with zero attached hydrogens (tertiary/aromatic N) is 2. The maximum Gasteiger partial charge on any atom is 0.329 e. The van der Waals surface area contributed by atoms with E-state index in [4.69, 9.17) is 9.47 Å². The Morgan fingerprint density at radius 2 is 1.68 bits per heavy atom. The van der Waals surface area contributed by atoms with Crippen LogP contribution in [0.1, 0.15) is 13.8 Å². The molecule has 0 spiro atoms. The van der Waals surface area contributed by atoms with Gasteiger partial charge in [-0.05, 0) is 26.0 Å². The Bertz CT molecular complexity index is 594. The first-order valence-corrected chi connectivity index (χ1v) is 6.56. The molecule has 2 aromatic rings. The first-order chi connectivity index (χ1) is 9.19.